The monoisotopic (exact) mass is 257 g/mol. The van der Waals surface area contributed by atoms with Gasteiger partial charge in [-0.15, -0.1) is 0 Å². The maximum atomic E-state index is 12.3. The molecule has 1 aromatic rings. The predicted octanol–water partition coefficient (Wildman–Crippen LogP) is 2.33. The Morgan fingerprint density at radius 1 is 1.47 bits per heavy atom. The Morgan fingerprint density at radius 3 is 2.53 bits per heavy atom. The van der Waals surface area contributed by atoms with Gasteiger partial charge in [0.1, 0.15) is 5.69 Å². The van der Waals surface area contributed by atoms with Crippen LogP contribution in [-0.4, -0.2) is 41.1 Å². The molecule has 0 amide bonds. The smallest absolute Gasteiger partial charge is 0.187 e. The Morgan fingerprint density at radius 2 is 2.06 bits per heavy atom. The first kappa shape index (κ1) is 14.2. The first-order valence-corrected chi connectivity index (χ1v) is 6.02. The van der Waals surface area contributed by atoms with Crippen molar-refractivity contribution in [3.05, 3.63) is 16.9 Å². The number of rotatable bonds is 4. The number of hydrogen-bond donors (Lipinski definition) is 0. The van der Waals surface area contributed by atoms with Crippen LogP contribution < -0.4 is 0 Å². The minimum Gasteiger partial charge on any atom is -0.308 e. The van der Waals surface area contributed by atoms with Gasteiger partial charge in [0, 0.05) is 12.0 Å². The zero-order chi connectivity index (χ0) is 13.2. The molecule has 0 N–H and O–H groups in total. The second kappa shape index (κ2) is 5.19. The highest BCUT2D eigenvalue weighted by atomic mass is 35.5. The van der Waals surface area contributed by atoms with Gasteiger partial charge in [-0.25, -0.2) is 0 Å². The summed E-state index contributed by atoms with van der Waals surface area (Å²) < 4.78 is 1.69. The lowest BCUT2D eigenvalue weighted by Gasteiger charge is -2.18. The van der Waals surface area contributed by atoms with E-state index in [1.807, 2.05) is 39.8 Å². The fourth-order valence-electron chi connectivity index (χ4n) is 1.41. The molecule has 0 saturated heterocycles. The van der Waals surface area contributed by atoms with Crippen molar-refractivity contribution in [1.82, 2.24) is 14.7 Å². The maximum absolute atomic E-state index is 12.3. The van der Waals surface area contributed by atoms with Gasteiger partial charge in [0.05, 0.1) is 17.8 Å². The molecule has 0 radical (unpaired) electrons. The van der Waals surface area contributed by atoms with Crippen molar-refractivity contribution in [3.63, 3.8) is 0 Å². The number of aromatic nitrogens is 2. The Hall–Kier alpha value is -0.870. The van der Waals surface area contributed by atoms with Crippen LogP contribution in [0.3, 0.4) is 0 Å². The van der Waals surface area contributed by atoms with Crippen LogP contribution >= 0.6 is 11.6 Å². The third-order valence-electron chi connectivity index (χ3n) is 2.45. The Balaban J connectivity index is 2.98. The molecule has 1 heterocycles. The number of halogens is 1. The lowest BCUT2D eigenvalue weighted by Crippen LogP contribution is -2.26. The van der Waals surface area contributed by atoms with Crippen molar-refractivity contribution in [3.8, 4) is 0 Å². The molecule has 0 aliphatic heterocycles. The highest BCUT2D eigenvalue weighted by Crippen LogP contribution is 2.25. The van der Waals surface area contributed by atoms with Gasteiger partial charge in [0.25, 0.3) is 0 Å². The first-order chi connectivity index (χ1) is 7.73. The highest BCUT2D eigenvalue weighted by molar-refractivity contribution is 6.33. The van der Waals surface area contributed by atoms with Crippen LogP contribution in [0.25, 0.3) is 0 Å². The van der Waals surface area contributed by atoms with Gasteiger partial charge in [-0.05, 0) is 14.1 Å². The third kappa shape index (κ3) is 3.54. The number of ketones is 1. The second-order valence-electron chi connectivity index (χ2n) is 5.45. The van der Waals surface area contributed by atoms with Crippen LogP contribution in [0, 0.1) is 5.41 Å². The number of likely N-dealkylation sites (N-methyl/N-ethyl adjacent to an activating group) is 1. The number of nitrogens with zero attached hydrogens (tertiary/aromatic N) is 3. The van der Waals surface area contributed by atoms with E-state index in [1.165, 1.54) is 6.20 Å². The number of carbonyl (C=O) groups excluding carboxylic acids is 1. The molecule has 0 saturated carbocycles. The number of hydrogen-bond acceptors (Lipinski definition) is 3. The lowest BCUT2D eigenvalue weighted by atomic mass is 9.89. The van der Waals surface area contributed by atoms with Crippen LogP contribution in [0.15, 0.2) is 6.20 Å². The summed E-state index contributed by atoms with van der Waals surface area (Å²) in [6, 6.07) is 0. The summed E-state index contributed by atoms with van der Waals surface area (Å²) in [7, 11) is 3.97. The molecular weight excluding hydrogens is 238 g/mol. The van der Waals surface area contributed by atoms with E-state index < -0.39 is 5.41 Å². The molecule has 4 nitrogen and oxygen atoms in total. The van der Waals surface area contributed by atoms with Crippen LogP contribution in [0.1, 0.15) is 31.3 Å². The second-order valence-corrected chi connectivity index (χ2v) is 5.85. The molecule has 1 rings (SSSR count). The molecule has 96 valence electrons. The van der Waals surface area contributed by atoms with Crippen molar-refractivity contribution < 1.29 is 4.79 Å². The number of Topliss-reactive ketones (excluding diaryl/α,β-unsaturated/α-hetero) is 1. The Kier molecular flexibility index (Phi) is 4.33. The molecule has 0 aliphatic carbocycles. The zero-order valence-electron chi connectivity index (χ0n) is 11.1. The summed E-state index contributed by atoms with van der Waals surface area (Å²) in [5, 5.41) is 4.59. The number of carbonyl (C=O) groups is 1. The predicted molar refractivity (Wildman–Crippen MR) is 69.6 cm³/mol. The molecule has 0 aromatic carbocycles. The van der Waals surface area contributed by atoms with Crippen molar-refractivity contribution in [2.75, 3.05) is 20.6 Å². The summed E-state index contributed by atoms with van der Waals surface area (Å²) in [6.45, 7) is 7.14. The van der Waals surface area contributed by atoms with E-state index in [0.717, 1.165) is 6.54 Å². The molecule has 0 atom stereocenters. The third-order valence-corrected chi connectivity index (χ3v) is 2.73. The summed E-state index contributed by atoms with van der Waals surface area (Å²) >= 11 is 6.04. The van der Waals surface area contributed by atoms with Crippen LogP contribution in [0.4, 0.5) is 0 Å². The lowest BCUT2D eigenvalue weighted by molar-refractivity contribution is 0.0846. The maximum Gasteiger partial charge on any atom is 0.187 e. The summed E-state index contributed by atoms with van der Waals surface area (Å²) in [6.07, 6.45) is 1.54. The molecule has 0 bridgehead atoms. The Labute approximate surface area is 108 Å². The normalized spacial score (nSPS) is 12.2. The van der Waals surface area contributed by atoms with Gasteiger partial charge in [0.2, 0.25) is 0 Å². The van der Waals surface area contributed by atoms with E-state index >= 15 is 0 Å². The summed E-state index contributed by atoms with van der Waals surface area (Å²) in [5.41, 5.74) is 0.0699. The minimum atomic E-state index is -0.445. The fraction of sp³-hybridized carbons (Fsp3) is 0.667. The average Bonchev–Trinajstić information content (AvgIpc) is 2.54. The molecule has 17 heavy (non-hydrogen) atoms. The van der Waals surface area contributed by atoms with E-state index in [0.29, 0.717) is 17.3 Å². The quantitative estimate of drug-likeness (QED) is 0.777. The minimum absolute atomic E-state index is 0.0266. The van der Waals surface area contributed by atoms with Gasteiger partial charge in [-0.3, -0.25) is 9.48 Å². The van der Waals surface area contributed by atoms with E-state index in [-0.39, 0.29) is 5.78 Å². The van der Waals surface area contributed by atoms with E-state index in [2.05, 4.69) is 5.10 Å². The van der Waals surface area contributed by atoms with E-state index in [4.69, 9.17) is 11.6 Å². The highest BCUT2D eigenvalue weighted by Gasteiger charge is 2.28. The van der Waals surface area contributed by atoms with Crippen molar-refractivity contribution in [1.29, 1.82) is 0 Å². The van der Waals surface area contributed by atoms with Gasteiger partial charge in [0.15, 0.2) is 5.78 Å². The molecule has 1 aromatic heterocycles. The van der Waals surface area contributed by atoms with Crippen molar-refractivity contribution >= 4 is 17.4 Å². The van der Waals surface area contributed by atoms with Crippen LogP contribution in [0.5, 0.6) is 0 Å². The van der Waals surface area contributed by atoms with Crippen LogP contribution in [-0.2, 0) is 6.54 Å². The van der Waals surface area contributed by atoms with E-state index in [9.17, 15) is 4.79 Å². The first-order valence-electron chi connectivity index (χ1n) is 5.64. The summed E-state index contributed by atoms with van der Waals surface area (Å²) in [4.78, 5) is 14.3. The zero-order valence-corrected chi connectivity index (χ0v) is 11.9. The largest absolute Gasteiger partial charge is 0.308 e. The molecular formula is C12H20ClN3O. The topological polar surface area (TPSA) is 38.1 Å². The van der Waals surface area contributed by atoms with Gasteiger partial charge < -0.3 is 4.90 Å². The molecule has 5 heteroatoms. The summed E-state index contributed by atoms with van der Waals surface area (Å²) in [5.74, 6) is 0.0266. The fourth-order valence-corrected chi connectivity index (χ4v) is 1.63. The van der Waals surface area contributed by atoms with Crippen molar-refractivity contribution in [2.45, 2.75) is 27.3 Å². The SMILES string of the molecule is CN(C)CCn1ncc(Cl)c1C(=O)C(C)(C)C. The van der Waals surface area contributed by atoms with Crippen molar-refractivity contribution in [2.24, 2.45) is 5.41 Å². The van der Waals surface area contributed by atoms with E-state index in [1.54, 1.807) is 4.68 Å². The standard InChI is InChI=1S/C12H20ClN3O/c1-12(2,3)11(17)10-9(13)8-14-16(10)7-6-15(4)5/h8H,6-7H2,1-5H3. The van der Waals surface area contributed by atoms with Gasteiger partial charge >= 0.3 is 0 Å². The molecule has 0 fully saturated rings. The molecule has 0 aliphatic rings. The molecule has 0 unspecified atom stereocenters. The average molecular weight is 258 g/mol. The van der Waals surface area contributed by atoms with Gasteiger partial charge in [-0.1, -0.05) is 32.4 Å². The molecule has 0 spiro atoms. The Bertz CT molecular complexity index is 404. The van der Waals surface area contributed by atoms with Crippen LogP contribution in [0.2, 0.25) is 5.02 Å². The van der Waals surface area contributed by atoms with Gasteiger partial charge in [-0.2, -0.15) is 5.10 Å².